The van der Waals surface area contributed by atoms with Gasteiger partial charge in [-0.2, -0.15) is 0 Å². The Bertz CT molecular complexity index is 2010. The monoisotopic (exact) mass is 570 g/mol. The second-order valence-corrected chi connectivity index (χ2v) is 10.3. The Labute approximate surface area is 244 Å². The summed E-state index contributed by atoms with van der Waals surface area (Å²) in [6, 6.07) is 2.42. The van der Waals surface area contributed by atoms with Gasteiger partial charge in [-0.15, -0.1) is 5.10 Å². The van der Waals surface area contributed by atoms with Crippen LogP contribution in [0.15, 0.2) is 29.2 Å². The number of aromatic nitrogens is 6. The van der Waals surface area contributed by atoms with Gasteiger partial charge in [0.25, 0.3) is 0 Å². The highest BCUT2D eigenvalue weighted by Gasteiger charge is 2.60. The van der Waals surface area contributed by atoms with Gasteiger partial charge in [0.05, 0.1) is 41.7 Å². The molecular weight excluding hydrogens is 530 g/mol. The number of nitrogens with one attached hydrogen (secondary N) is 2. The molecule has 14 nitrogen and oxygen atoms in total. The zero-order valence-electron chi connectivity index (χ0n) is 29.3. The fourth-order valence-corrected chi connectivity index (χ4v) is 5.71. The van der Waals surface area contributed by atoms with Crippen LogP contribution in [-0.4, -0.2) is 60.5 Å². The Kier molecular flexibility index (Phi) is 4.64. The second-order valence-electron chi connectivity index (χ2n) is 10.3. The number of rotatable bonds is 8. The van der Waals surface area contributed by atoms with Crippen LogP contribution in [0.3, 0.4) is 0 Å². The van der Waals surface area contributed by atoms with E-state index >= 15 is 0 Å². The molecule has 6 rings (SSSR count). The molecule has 41 heavy (non-hydrogen) atoms. The van der Waals surface area contributed by atoms with E-state index in [-0.39, 0.29) is 42.0 Å². The number of nitrogens with zero attached hydrogens (tertiary/aromatic N) is 6. The molecule has 216 valence electrons. The molecule has 0 unspecified atom stereocenters. The van der Waals surface area contributed by atoms with Crippen LogP contribution in [0.2, 0.25) is 0 Å². The van der Waals surface area contributed by atoms with Crippen molar-refractivity contribution in [1.82, 2.24) is 34.2 Å². The Balaban J connectivity index is 1.37. The quantitative estimate of drug-likeness (QED) is 0.287. The van der Waals surface area contributed by atoms with Crippen molar-refractivity contribution in [2.24, 2.45) is 18.6 Å². The average Bonchev–Trinajstić information content (AvgIpc) is 3.19. The highest BCUT2D eigenvalue weighted by atomic mass is 16.5. The number of imidazole rings is 1. The summed E-state index contributed by atoms with van der Waals surface area (Å²) in [4.78, 5) is 47.3. The molecule has 0 aliphatic heterocycles. The number of aryl methyl sites for hydroxylation is 1. The Morgan fingerprint density at radius 1 is 1.29 bits per heavy atom. The lowest BCUT2D eigenvalue weighted by molar-refractivity contribution is -0.123. The molecule has 4 aromatic rings. The van der Waals surface area contributed by atoms with Crippen LogP contribution < -0.4 is 26.8 Å². The molecular formula is C27H33N9O5. The van der Waals surface area contributed by atoms with E-state index in [2.05, 4.69) is 25.5 Å². The van der Waals surface area contributed by atoms with Crippen molar-refractivity contribution in [2.75, 3.05) is 19.0 Å². The normalized spacial score (nSPS) is 28.5. The number of nitrogens with two attached hydrogens (primary N) is 1. The molecule has 2 aliphatic carbocycles. The van der Waals surface area contributed by atoms with Crippen LogP contribution in [0.1, 0.15) is 55.2 Å². The van der Waals surface area contributed by atoms with Crippen LogP contribution in [0, 0.1) is 5.92 Å². The van der Waals surface area contributed by atoms with Gasteiger partial charge in [0.1, 0.15) is 17.2 Å². The van der Waals surface area contributed by atoms with E-state index in [0.717, 1.165) is 0 Å². The number of amides is 2. The third-order valence-electron chi connectivity index (χ3n) is 7.87. The molecule has 0 saturated heterocycles. The number of pyridine rings is 2. The largest absolute Gasteiger partial charge is 0.476 e. The summed E-state index contributed by atoms with van der Waals surface area (Å²) >= 11 is 0. The summed E-state index contributed by atoms with van der Waals surface area (Å²) < 4.78 is 67.5. The fraction of sp³-hybridized carbons (Fsp3) is 0.481. The fourth-order valence-electron chi connectivity index (χ4n) is 5.71. The van der Waals surface area contributed by atoms with E-state index in [1.165, 1.54) is 21.5 Å². The molecule has 4 N–H and O–H groups in total. The first kappa shape index (κ1) is 19.5. The SMILES string of the molecule is [2H]C([2H])([2H])OC(=O)N[C@]1([2H])CC[C@@H](n2c(=O)n(C([2H])([2H])[2H])c3cnc(Nc4ccc5c(OCC)nn([C@@]6(C(N)=O)C[C@@H]6C)c5n4)cc32)C1. The first-order valence-corrected chi connectivity index (χ1v) is 13.1. The van der Waals surface area contributed by atoms with E-state index < -0.39 is 49.3 Å². The highest BCUT2D eigenvalue weighted by Crippen LogP contribution is 2.51. The minimum atomic E-state index is -3.01. The maximum absolute atomic E-state index is 13.6. The summed E-state index contributed by atoms with van der Waals surface area (Å²) in [5.74, 6) is 0.164. The van der Waals surface area contributed by atoms with Crippen LogP contribution >= 0.6 is 0 Å². The molecule has 0 bridgehead atoms. The minimum absolute atomic E-state index is 0.0109. The summed E-state index contributed by atoms with van der Waals surface area (Å²) in [7, 11) is -3.01. The van der Waals surface area contributed by atoms with Gasteiger partial charge in [-0.25, -0.2) is 24.2 Å². The van der Waals surface area contributed by atoms with Gasteiger partial charge in [-0.1, -0.05) is 6.92 Å². The van der Waals surface area contributed by atoms with Crippen LogP contribution in [0.4, 0.5) is 16.4 Å². The third kappa shape index (κ3) is 4.24. The first-order chi connectivity index (χ1) is 22.4. The van der Waals surface area contributed by atoms with Gasteiger partial charge in [0.2, 0.25) is 11.8 Å². The van der Waals surface area contributed by atoms with Gasteiger partial charge in [-0.3, -0.25) is 13.9 Å². The lowest BCUT2D eigenvalue weighted by atomic mass is 10.2. The zero-order chi connectivity index (χ0) is 35.0. The number of anilines is 2. The van der Waals surface area contributed by atoms with Crippen molar-refractivity contribution in [1.29, 1.82) is 0 Å². The van der Waals surface area contributed by atoms with Crippen molar-refractivity contribution in [2.45, 2.75) is 57.1 Å². The lowest BCUT2D eigenvalue weighted by Crippen LogP contribution is -2.36. The van der Waals surface area contributed by atoms with E-state index in [1.807, 2.05) is 6.92 Å². The van der Waals surface area contributed by atoms with Gasteiger partial charge in [-0.05, 0) is 50.7 Å². The van der Waals surface area contributed by atoms with Crippen molar-refractivity contribution in [3.63, 3.8) is 0 Å². The van der Waals surface area contributed by atoms with Crippen LogP contribution in [0.25, 0.3) is 22.1 Å². The zero-order valence-corrected chi connectivity index (χ0v) is 22.3. The number of ether oxygens (including phenoxy) is 2. The van der Waals surface area contributed by atoms with Crippen molar-refractivity contribution in [3.05, 3.63) is 34.9 Å². The average molecular weight is 571 g/mol. The number of hydrogen-bond donors (Lipinski definition) is 3. The molecule has 4 atom stereocenters. The van der Waals surface area contributed by atoms with Gasteiger partial charge < -0.3 is 25.8 Å². The number of fused-ring (bicyclic) bond motifs is 2. The van der Waals surface area contributed by atoms with E-state index in [9.17, 15) is 14.4 Å². The van der Waals surface area contributed by atoms with E-state index in [0.29, 0.717) is 40.3 Å². The predicted molar refractivity (Wildman–Crippen MR) is 150 cm³/mol. The van der Waals surface area contributed by atoms with Crippen molar-refractivity contribution < 1.29 is 28.7 Å². The topological polar surface area (TPSA) is 173 Å². The van der Waals surface area contributed by atoms with Gasteiger partial charge in [0, 0.05) is 29.2 Å². The van der Waals surface area contributed by atoms with Crippen LogP contribution in [0.5, 0.6) is 5.88 Å². The summed E-state index contributed by atoms with van der Waals surface area (Å²) in [6.07, 6.45) is 0.489. The molecule has 4 heterocycles. The number of methoxy groups -OCH3 is 1. The maximum atomic E-state index is 13.6. The molecule has 0 radical (unpaired) electrons. The summed E-state index contributed by atoms with van der Waals surface area (Å²) in [5.41, 5.74) is 4.42. The summed E-state index contributed by atoms with van der Waals surface area (Å²) in [6.45, 7) is 1.16. The molecule has 2 amide bonds. The lowest BCUT2D eigenvalue weighted by Gasteiger charge is -2.15. The predicted octanol–water partition coefficient (Wildman–Crippen LogP) is 2.29. The van der Waals surface area contributed by atoms with Gasteiger partial charge in [0.15, 0.2) is 5.65 Å². The van der Waals surface area contributed by atoms with Crippen LogP contribution in [-0.2, 0) is 22.0 Å². The summed E-state index contributed by atoms with van der Waals surface area (Å²) in [5, 5.41) is 10.4. The molecule has 0 aromatic carbocycles. The molecule has 2 aliphatic rings. The molecule has 0 spiro atoms. The first-order valence-electron chi connectivity index (χ1n) is 16.6. The second kappa shape index (κ2) is 9.78. The number of carbonyl (C=O) groups is 2. The third-order valence-corrected chi connectivity index (χ3v) is 7.87. The molecule has 4 aromatic heterocycles. The number of primary amides is 1. The minimum Gasteiger partial charge on any atom is -0.476 e. The van der Waals surface area contributed by atoms with Crippen molar-refractivity contribution in [3.8, 4) is 5.88 Å². The Morgan fingerprint density at radius 3 is 2.83 bits per heavy atom. The van der Waals surface area contributed by atoms with E-state index in [1.54, 1.807) is 19.1 Å². The Hall–Kier alpha value is -4.62. The highest BCUT2D eigenvalue weighted by molar-refractivity contribution is 5.91. The molecule has 14 heteroatoms. The smallest absolute Gasteiger partial charge is 0.407 e. The van der Waals surface area contributed by atoms with Gasteiger partial charge >= 0.3 is 11.8 Å². The van der Waals surface area contributed by atoms with E-state index in [4.69, 9.17) is 25.0 Å². The molecule has 2 saturated carbocycles. The van der Waals surface area contributed by atoms with Crippen molar-refractivity contribution >= 4 is 45.7 Å². The molecule has 2 fully saturated rings. The standard InChI is InChI=1S/C27H33N9O5/c1-5-41-23-17-8-9-20(32-22(17)36(33-23)27(24(28)37)12-14(27)2)31-21-11-18-19(13-29-21)34(3)26(39)35(18)16-7-6-15(10-16)30-25(38)40-4/h8-9,11,13-16H,5-7,10,12H2,1-4H3,(H2,28,37)(H,30,38)(H,29,31,32)/t14-,15+,16+,27-/m0/s1/i3D3,4D3,15D. The number of carbonyl (C=O) groups excluding carboxylic acids is 2. The Morgan fingerprint density at radius 2 is 2.12 bits per heavy atom. The maximum Gasteiger partial charge on any atom is 0.407 e. The number of hydrogen-bond acceptors (Lipinski definition) is 9. The number of alkyl carbamates (subject to hydrolysis) is 1.